The summed E-state index contributed by atoms with van der Waals surface area (Å²) in [6.07, 6.45) is -6.73. The molecule has 4 aliphatic rings. The molecule has 3 aromatic carbocycles. The minimum Gasteiger partial charge on any atom is -0.382 e. The van der Waals surface area contributed by atoms with Crippen molar-refractivity contribution in [1.82, 2.24) is 59.3 Å². The molecule has 3 amide bonds. The highest BCUT2D eigenvalue weighted by atomic mass is 32.7. The number of nitrogen functional groups attached to an aromatic ring is 2. The molecule has 446 valence electrons. The SMILES string of the molecule is [B]P1(=O)OC[C@H]2O[C@@H](n3cnc4c(N)ncnc43)[C@H](F)[C@@H]2O[P@](=O)(SCc2ccc(NC(=O)CNC(=O)CCCCCn3nnc4c3-c3ccccc3N(C(=O)CC)Cc3ccccc3-4)cc2)OC[C@H]2O[C@@H](n3cnc4c(N)ncnc43)[C@H](F)[C@@H]2O1. The van der Waals surface area contributed by atoms with Crippen molar-refractivity contribution in [2.24, 2.45) is 0 Å². The summed E-state index contributed by atoms with van der Waals surface area (Å²) in [6.45, 7) is -3.64. The number of aryl methyl sites for hydroxylation is 1. The first-order chi connectivity index (χ1) is 41.5. The fourth-order valence-electron chi connectivity index (χ4n) is 10.7. The number of imidazole rings is 2. The first-order valence-electron chi connectivity index (χ1n) is 27.4. The van der Waals surface area contributed by atoms with E-state index >= 15 is 13.3 Å². The van der Waals surface area contributed by atoms with Gasteiger partial charge in [-0.15, -0.1) is 5.10 Å². The van der Waals surface area contributed by atoms with E-state index in [0.29, 0.717) is 61.4 Å². The Morgan fingerprint density at radius 3 is 2.06 bits per heavy atom. The Morgan fingerprint density at radius 2 is 1.38 bits per heavy atom. The van der Waals surface area contributed by atoms with Crippen molar-refractivity contribution < 1.29 is 59.9 Å². The summed E-state index contributed by atoms with van der Waals surface area (Å²) in [7, 11) is 1.32. The number of anilines is 4. The van der Waals surface area contributed by atoms with Gasteiger partial charge in [0.25, 0.3) is 7.47 Å². The molecule has 4 aliphatic heterocycles. The number of unbranched alkanes of at least 4 members (excludes halogenated alkanes) is 2. The number of amides is 3. The third kappa shape index (κ3) is 12.0. The van der Waals surface area contributed by atoms with E-state index < -0.39 is 82.6 Å². The Balaban J connectivity index is 0.675. The van der Waals surface area contributed by atoms with Crippen molar-refractivity contribution in [2.75, 3.05) is 41.4 Å². The summed E-state index contributed by atoms with van der Waals surface area (Å²) in [5, 5.41) is 14.6. The molecule has 86 heavy (non-hydrogen) atoms. The maximum atomic E-state index is 17.0. The first kappa shape index (κ1) is 58.8. The predicted molar refractivity (Wildman–Crippen MR) is 310 cm³/mol. The Morgan fingerprint density at radius 1 is 0.756 bits per heavy atom. The highest BCUT2D eigenvalue weighted by Gasteiger charge is 2.55. The molecule has 12 rings (SSSR count). The molecule has 5 aromatic heterocycles. The van der Waals surface area contributed by atoms with Gasteiger partial charge in [0.05, 0.1) is 50.3 Å². The van der Waals surface area contributed by atoms with Crippen LogP contribution in [0.25, 0.3) is 44.8 Å². The van der Waals surface area contributed by atoms with Gasteiger partial charge in [-0.3, -0.25) is 37.1 Å². The number of benzene rings is 3. The number of carbonyl (C=O) groups is 3. The van der Waals surface area contributed by atoms with Gasteiger partial charge < -0.3 is 45.5 Å². The molecule has 9 heterocycles. The second-order valence-corrected chi connectivity index (χ2v) is 26.1. The van der Waals surface area contributed by atoms with Crippen molar-refractivity contribution >= 4 is 96.3 Å². The minimum absolute atomic E-state index is 0.00347. The van der Waals surface area contributed by atoms with Gasteiger partial charge in [-0.05, 0) is 53.5 Å². The second-order valence-electron chi connectivity index (χ2n) is 20.5. The maximum absolute atomic E-state index is 17.0. The standard InChI is InChI=1S/C53H55BF2N16O11P2S/c1-2-39(75)69-21-30-10-5-6-11-32(30)42-45(33-12-7-8-13-34(33)69)72(68-67-42)19-9-3-4-14-37(73)59-20-38(74)66-31-17-15-29(16-18-31)24-86-85(77)79-23-36-46(40(55)52(81-36)70-27-64-43-48(57)60-25-62-50(43)70)82-84(54,76)78-22-35-47(83-85)41(56)53(80-35)71-28-65-44-49(58)61-26-63-51(44)71/h5-8,10-13,15-18,25-28,35-36,40-41,46-47,52-53H,2-4,9,14,19-24H2,1H3,(H,59,73)(H,66,74)(H2,57,60,62)(H2,58,61,63)/t35-,36-,40-,41-,46-,47-,52-,53-,84?,85-/m1/s1. The average Bonchev–Trinajstić information content (AvgIpc) is 1.92. The molecule has 8 aromatic rings. The zero-order valence-electron chi connectivity index (χ0n) is 45.8. The second kappa shape index (κ2) is 24.6. The molecule has 3 saturated heterocycles. The summed E-state index contributed by atoms with van der Waals surface area (Å²) in [5.74, 6) is -0.853. The number of hydrogen-bond donors (Lipinski definition) is 4. The average molecular weight is 1230 g/mol. The molecule has 0 aliphatic carbocycles. The number of nitrogens with one attached hydrogen (secondary N) is 2. The molecule has 0 bridgehead atoms. The number of halogens is 2. The molecular weight excluding hydrogens is 1180 g/mol. The van der Waals surface area contributed by atoms with Crippen LogP contribution >= 0.6 is 25.7 Å². The van der Waals surface area contributed by atoms with Crippen molar-refractivity contribution in [2.45, 2.75) is 107 Å². The number of carbonyl (C=O) groups excluding carboxylic acids is 3. The van der Waals surface area contributed by atoms with Gasteiger partial charge in [-0.2, -0.15) is 0 Å². The van der Waals surface area contributed by atoms with E-state index in [1.807, 2.05) is 65.0 Å². The highest BCUT2D eigenvalue weighted by molar-refractivity contribution is 8.54. The summed E-state index contributed by atoms with van der Waals surface area (Å²) >= 11 is 0.660. The van der Waals surface area contributed by atoms with E-state index in [-0.39, 0.29) is 64.5 Å². The van der Waals surface area contributed by atoms with Crippen LogP contribution in [0.5, 0.6) is 0 Å². The van der Waals surface area contributed by atoms with E-state index in [2.05, 4.69) is 50.8 Å². The van der Waals surface area contributed by atoms with Crippen LogP contribution in [0, 0.1) is 0 Å². The van der Waals surface area contributed by atoms with Gasteiger partial charge in [-0.25, -0.2) is 47.9 Å². The molecular formula is C53H55BF2N16O11P2S. The fraction of sp³-hybridized carbons (Fsp3) is 0.377. The Bertz CT molecular complexity index is 3960. The summed E-state index contributed by atoms with van der Waals surface area (Å²) in [6, 6.07) is 22.1. The van der Waals surface area contributed by atoms with Gasteiger partial charge in [0.2, 0.25) is 25.3 Å². The number of fused-ring (bicyclic) bond motifs is 9. The Hall–Kier alpha value is -7.60. The van der Waals surface area contributed by atoms with Crippen LogP contribution in [0.15, 0.2) is 98.1 Å². The van der Waals surface area contributed by atoms with Crippen molar-refractivity contribution in [1.29, 1.82) is 0 Å². The van der Waals surface area contributed by atoms with E-state index in [4.69, 9.17) is 46.6 Å². The Labute approximate surface area is 493 Å². The van der Waals surface area contributed by atoms with Crippen LogP contribution < -0.4 is 27.0 Å². The monoisotopic (exact) mass is 1230 g/mol. The lowest BCUT2D eigenvalue weighted by molar-refractivity contribution is -0.124. The number of para-hydroxylation sites is 1. The topological polar surface area (TPSA) is 338 Å². The van der Waals surface area contributed by atoms with Crippen LogP contribution in [-0.2, 0) is 69.9 Å². The molecule has 10 atom stereocenters. The number of ether oxygens (including phenoxy) is 2. The summed E-state index contributed by atoms with van der Waals surface area (Å²) < 4.78 is 102. The first-order valence-corrected chi connectivity index (χ1v) is 32.1. The molecule has 27 nitrogen and oxygen atoms in total. The van der Waals surface area contributed by atoms with Crippen molar-refractivity contribution in [3.63, 3.8) is 0 Å². The van der Waals surface area contributed by atoms with Gasteiger partial charge in [0.1, 0.15) is 53.8 Å². The lowest BCUT2D eigenvalue weighted by Gasteiger charge is -2.30. The smallest absolute Gasteiger partial charge is 0.382 e. The van der Waals surface area contributed by atoms with Crippen LogP contribution in [0.3, 0.4) is 0 Å². The minimum atomic E-state index is -4.73. The number of alkyl halides is 2. The van der Waals surface area contributed by atoms with Gasteiger partial charge in [0, 0.05) is 42.0 Å². The molecule has 3 fully saturated rings. The van der Waals surface area contributed by atoms with E-state index in [9.17, 15) is 18.9 Å². The van der Waals surface area contributed by atoms with Crippen molar-refractivity contribution in [3.05, 3.63) is 109 Å². The summed E-state index contributed by atoms with van der Waals surface area (Å²) in [4.78, 5) is 65.6. The quantitative estimate of drug-likeness (QED) is 0.0459. The molecule has 33 heteroatoms. The normalized spacial score (nSPS) is 25.6. The Kier molecular flexibility index (Phi) is 16.8. The van der Waals surface area contributed by atoms with Gasteiger partial charge >= 0.3 is 6.80 Å². The number of nitrogens with two attached hydrogens (primary N) is 2. The number of nitrogens with zero attached hydrogens (tertiary/aromatic N) is 12. The molecule has 1 unspecified atom stereocenters. The number of hydrogen-bond acceptors (Lipinski definition) is 22. The molecule has 2 radical (unpaired) electrons. The van der Waals surface area contributed by atoms with E-state index in [1.54, 1.807) is 24.3 Å². The maximum Gasteiger partial charge on any atom is 0.389 e. The van der Waals surface area contributed by atoms with Crippen LogP contribution in [0.1, 0.15) is 62.6 Å². The third-order valence-corrected chi connectivity index (χ3v) is 19.6. The number of rotatable bonds is 15. The van der Waals surface area contributed by atoms with E-state index in [0.717, 1.165) is 46.4 Å². The van der Waals surface area contributed by atoms with E-state index in [1.165, 1.54) is 21.8 Å². The highest BCUT2D eigenvalue weighted by Crippen LogP contribution is 2.65. The predicted octanol–water partition coefficient (Wildman–Crippen LogP) is 6.93. The molecule has 0 spiro atoms. The lowest BCUT2D eigenvalue weighted by Crippen LogP contribution is -2.37. The fourth-order valence-corrected chi connectivity index (χ4v) is 15.1. The zero-order chi connectivity index (χ0) is 59.9. The molecule has 0 saturated carbocycles. The number of aromatic nitrogens is 11. The van der Waals surface area contributed by atoms with Gasteiger partial charge in [-0.1, -0.05) is 73.2 Å². The van der Waals surface area contributed by atoms with Crippen LogP contribution in [0.2, 0.25) is 0 Å². The van der Waals surface area contributed by atoms with Crippen molar-refractivity contribution in [3.8, 4) is 22.5 Å². The lowest BCUT2D eigenvalue weighted by atomic mass is 9.95. The molecule has 6 N–H and O–H groups in total. The zero-order valence-corrected chi connectivity index (χ0v) is 48.4. The van der Waals surface area contributed by atoms with Crippen LogP contribution in [0.4, 0.5) is 31.8 Å². The third-order valence-electron chi connectivity index (χ3n) is 14.9. The largest absolute Gasteiger partial charge is 0.389 e. The van der Waals surface area contributed by atoms with Crippen LogP contribution in [-0.4, -0.2) is 136 Å². The summed E-state index contributed by atoms with van der Waals surface area (Å²) in [5.41, 5.74) is 18.4. The van der Waals surface area contributed by atoms with Gasteiger partial charge in [0.15, 0.2) is 47.7 Å².